The summed E-state index contributed by atoms with van der Waals surface area (Å²) in [6, 6.07) is 9.22. The summed E-state index contributed by atoms with van der Waals surface area (Å²) < 4.78 is 0. The molecule has 5 nitrogen and oxygen atoms in total. The number of rotatable bonds is 3. The Balaban J connectivity index is 2.00. The van der Waals surface area contributed by atoms with Gasteiger partial charge in [-0.25, -0.2) is 0 Å². The van der Waals surface area contributed by atoms with E-state index >= 15 is 0 Å². The van der Waals surface area contributed by atoms with E-state index in [1.54, 1.807) is 12.1 Å². The van der Waals surface area contributed by atoms with Crippen LogP contribution in [0.4, 0.5) is 0 Å². The Labute approximate surface area is 98.6 Å². The molecule has 0 radical (unpaired) electrons. The lowest BCUT2D eigenvalue weighted by molar-refractivity contribution is -0.140. The molecule has 1 aliphatic heterocycles. The van der Waals surface area contributed by atoms with E-state index < -0.39 is 5.97 Å². The molecule has 0 saturated carbocycles. The zero-order valence-electron chi connectivity index (χ0n) is 9.09. The zero-order chi connectivity index (χ0) is 12.3. The molecule has 0 bridgehead atoms. The minimum Gasteiger partial charge on any atom is -0.481 e. The highest BCUT2D eigenvalue weighted by molar-refractivity contribution is 5.67. The molecular weight excluding hydrogens is 220 g/mol. The molecule has 1 aromatic carbocycles. The second-order valence-electron chi connectivity index (χ2n) is 3.98. The van der Waals surface area contributed by atoms with Gasteiger partial charge in [0.25, 0.3) is 0 Å². The second-order valence-corrected chi connectivity index (χ2v) is 3.98. The average Bonchev–Trinajstić information content (AvgIpc) is 2.77. The molecule has 1 saturated heterocycles. The van der Waals surface area contributed by atoms with Crippen LogP contribution in [0.2, 0.25) is 0 Å². The Bertz CT molecular complexity index is 450. The highest BCUT2D eigenvalue weighted by Gasteiger charge is 2.28. The van der Waals surface area contributed by atoms with Crippen molar-refractivity contribution < 1.29 is 14.7 Å². The molecule has 0 aliphatic carbocycles. The van der Waals surface area contributed by atoms with E-state index in [0.29, 0.717) is 12.0 Å². The van der Waals surface area contributed by atoms with Gasteiger partial charge in [-0.05, 0) is 24.1 Å². The summed E-state index contributed by atoms with van der Waals surface area (Å²) in [7, 11) is 0. The van der Waals surface area contributed by atoms with Crippen LogP contribution in [0, 0.1) is 11.3 Å². The fourth-order valence-corrected chi connectivity index (χ4v) is 1.85. The fraction of sp³-hybridized carbons (Fsp3) is 0.333. The maximum absolute atomic E-state index is 10.5. The molecule has 1 heterocycles. The Morgan fingerprint density at radius 2 is 2.24 bits per heavy atom. The van der Waals surface area contributed by atoms with Gasteiger partial charge in [0.1, 0.15) is 0 Å². The summed E-state index contributed by atoms with van der Waals surface area (Å²) in [4.78, 5) is 15.7. The Hall–Kier alpha value is -1.90. The Kier molecular flexibility index (Phi) is 3.38. The van der Waals surface area contributed by atoms with Gasteiger partial charge in [-0.2, -0.15) is 10.7 Å². The maximum Gasteiger partial charge on any atom is 0.306 e. The minimum atomic E-state index is -0.864. The molecule has 2 N–H and O–H groups in total. The number of hydrogen-bond acceptors (Lipinski definition) is 4. The summed E-state index contributed by atoms with van der Waals surface area (Å²) in [5.74, 6) is -0.864. The van der Waals surface area contributed by atoms with Crippen molar-refractivity contribution in [2.24, 2.45) is 0 Å². The predicted molar refractivity (Wildman–Crippen MR) is 58.8 cm³/mol. The van der Waals surface area contributed by atoms with Crippen molar-refractivity contribution in [1.29, 1.82) is 5.26 Å². The van der Waals surface area contributed by atoms with Crippen LogP contribution in [-0.2, 0) is 9.63 Å². The summed E-state index contributed by atoms with van der Waals surface area (Å²) >= 11 is 0. The van der Waals surface area contributed by atoms with Crippen LogP contribution in [0.15, 0.2) is 24.3 Å². The van der Waals surface area contributed by atoms with E-state index in [1.165, 1.54) is 0 Å². The number of hydrogen-bond donors (Lipinski definition) is 2. The van der Waals surface area contributed by atoms with Crippen LogP contribution >= 0.6 is 0 Å². The lowest BCUT2D eigenvalue weighted by Gasteiger charge is -2.07. The van der Waals surface area contributed by atoms with Crippen molar-refractivity contribution in [2.75, 3.05) is 0 Å². The molecule has 2 atom stereocenters. The van der Waals surface area contributed by atoms with E-state index in [-0.39, 0.29) is 18.6 Å². The third-order valence-electron chi connectivity index (χ3n) is 2.72. The third-order valence-corrected chi connectivity index (χ3v) is 2.72. The van der Waals surface area contributed by atoms with Crippen LogP contribution in [0.25, 0.3) is 0 Å². The molecule has 1 unspecified atom stereocenters. The Morgan fingerprint density at radius 3 is 2.82 bits per heavy atom. The van der Waals surface area contributed by atoms with Gasteiger partial charge in [0.15, 0.2) is 0 Å². The second kappa shape index (κ2) is 4.95. The largest absolute Gasteiger partial charge is 0.481 e. The molecule has 2 rings (SSSR count). The number of nitriles is 1. The molecule has 1 aromatic rings. The molecule has 5 heteroatoms. The van der Waals surface area contributed by atoms with Gasteiger partial charge >= 0.3 is 5.97 Å². The average molecular weight is 232 g/mol. The lowest BCUT2D eigenvalue weighted by Crippen LogP contribution is -2.14. The topological polar surface area (TPSA) is 82.4 Å². The Morgan fingerprint density at radius 1 is 1.53 bits per heavy atom. The summed E-state index contributed by atoms with van der Waals surface area (Å²) in [5.41, 5.74) is 4.42. The monoisotopic (exact) mass is 232 g/mol. The van der Waals surface area contributed by atoms with E-state index in [9.17, 15) is 4.79 Å². The SMILES string of the molecule is N#Cc1ccc(C2C[C@H](CC(=O)O)ON2)cc1. The quantitative estimate of drug-likeness (QED) is 0.822. The van der Waals surface area contributed by atoms with E-state index in [4.69, 9.17) is 15.2 Å². The summed E-state index contributed by atoms with van der Waals surface area (Å²) in [5, 5.41) is 17.3. The standard InChI is InChI=1S/C12H12N2O3/c13-7-8-1-3-9(4-2-8)11-5-10(17-14-11)6-12(15)16/h1-4,10-11,14H,5-6H2,(H,15,16)/t10-,11?/m1/s1. The van der Waals surface area contributed by atoms with Crippen molar-refractivity contribution >= 4 is 5.97 Å². The predicted octanol–water partition coefficient (Wildman–Crippen LogP) is 1.37. The first kappa shape index (κ1) is 11.6. The van der Waals surface area contributed by atoms with Crippen molar-refractivity contribution in [2.45, 2.75) is 25.0 Å². The van der Waals surface area contributed by atoms with Gasteiger partial charge < -0.3 is 5.11 Å². The number of nitrogens with zero attached hydrogens (tertiary/aromatic N) is 1. The number of carboxylic acid groups (broad SMARTS) is 1. The normalized spacial score (nSPS) is 23.2. The number of benzene rings is 1. The highest BCUT2D eigenvalue weighted by Crippen LogP contribution is 2.26. The number of hydroxylamine groups is 1. The summed E-state index contributed by atoms with van der Waals surface area (Å²) in [6.45, 7) is 0. The van der Waals surface area contributed by atoms with Gasteiger partial charge in [0, 0.05) is 0 Å². The van der Waals surface area contributed by atoms with Gasteiger partial charge in [-0.3, -0.25) is 9.63 Å². The molecule has 0 amide bonds. The number of carbonyl (C=O) groups is 1. The molecule has 1 aliphatic rings. The first-order valence-electron chi connectivity index (χ1n) is 5.32. The van der Waals surface area contributed by atoms with Crippen molar-refractivity contribution in [3.63, 3.8) is 0 Å². The minimum absolute atomic E-state index is 0.000219. The van der Waals surface area contributed by atoms with Gasteiger partial charge in [-0.15, -0.1) is 0 Å². The van der Waals surface area contributed by atoms with Gasteiger partial charge in [-0.1, -0.05) is 12.1 Å². The molecule has 88 valence electrons. The van der Waals surface area contributed by atoms with Gasteiger partial charge in [0.05, 0.1) is 30.2 Å². The van der Waals surface area contributed by atoms with Crippen LogP contribution in [0.1, 0.15) is 30.0 Å². The van der Waals surface area contributed by atoms with E-state index in [1.807, 2.05) is 12.1 Å². The summed E-state index contributed by atoms with van der Waals surface area (Å²) in [6.07, 6.45) is 0.325. The van der Waals surface area contributed by atoms with Crippen molar-refractivity contribution in [3.8, 4) is 6.07 Å². The van der Waals surface area contributed by atoms with Crippen LogP contribution < -0.4 is 5.48 Å². The van der Waals surface area contributed by atoms with Gasteiger partial charge in [0.2, 0.25) is 0 Å². The highest BCUT2D eigenvalue weighted by atomic mass is 16.7. The third kappa shape index (κ3) is 2.81. The smallest absolute Gasteiger partial charge is 0.306 e. The van der Waals surface area contributed by atoms with E-state index in [2.05, 4.69) is 11.5 Å². The number of carboxylic acids is 1. The molecular formula is C12H12N2O3. The lowest BCUT2D eigenvalue weighted by atomic mass is 10.0. The van der Waals surface area contributed by atoms with Crippen LogP contribution in [0.3, 0.4) is 0 Å². The first-order valence-corrected chi connectivity index (χ1v) is 5.32. The van der Waals surface area contributed by atoms with Crippen molar-refractivity contribution in [1.82, 2.24) is 5.48 Å². The van der Waals surface area contributed by atoms with Crippen LogP contribution in [0.5, 0.6) is 0 Å². The zero-order valence-corrected chi connectivity index (χ0v) is 9.09. The maximum atomic E-state index is 10.5. The molecule has 0 spiro atoms. The molecule has 0 aromatic heterocycles. The number of aliphatic carboxylic acids is 1. The molecule has 17 heavy (non-hydrogen) atoms. The van der Waals surface area contributed by atoms with Crippen molar-refractivity contribution in [3.05, 3.63) is 35.4 Å². The first-order chi connectivity index (χ1) is 8.19. The number of nitrogens with one attached hydrogen (secondary N) is 1. The van der Waals surface area contributed by atoms with E-state index in [0.717, 1.165) is 5.56 Å². The fourth-order valence-electron chi connectivity index (χ4n) is 1.85. The molecule has 1 fully saturated rings. The van der Waals surface area contributed by atoms with Crippen LogP contribution in [-0.4, -0.2) is 17.2 Å².